The first kappa shape index (κ1) is 12.7. The van der Waals surface area contributed by atoms with E-state index in [2.05, 4.69) is 40.8 Å². The fourth-order valence-corrected chi connectivity index (χ4v) is 2.14. The summed E-state index contributed by atoms with van der Waals surface area (Å²) >= 11 is 3.50. The summed E-state index contributed by atoms with van der Waals surface area (Å²) in [5.74, 6) is 0.878. The van der Waals surface area contributed by atoms with Gasteiger partial charge in [-0.3, -0.25) is 0 Å². The molecule has 2 nitrogen and oxygen atoms in total. The molecule has 0 bridgehead atoms. The first-order valence-electron chi connectivity index (χ1n) is 5.94. The van der Waals surface area contributed by atoms with Crippen molar-refractivity contribution in [3.05, 3.63) is 40.4 Å². The van der Waals surface area contributed by atoms with Crippen molar-refractivity contribution in [1.29, 1.82) is 0 Å². The topological polar surface area (TPSA) is 21.3 Å². The zero-order valence-corrected chi connectivity index (χ0v) is 11.7. The van der Waals surface area contributed by atoms with Crippen molar-refractivity contribution in [2.24, 2.45) is 0 Å². The zero-order valence-electron chi connectivity index (χ0n) is 10.1. The van der Waals surface area contributed by atoms with E-state index < -0.39 is 0 Å². The predicted molar refractivity (Wildman–Crippen MR) is 74.5 cm³/mol. The summed E-state index contributed by atoms with van der Waals surface area (Å²) < 4.78 is 6.72. The molecule has 1 fully saturated rings. The number of hydrogen-bond acceptors (Lipinski definition) is 2. The van der Waals surface area contributed by atoms with Gasteiger partial charge in [0.05, 0.1) is 4.47 Å². The SMILES string of the molecule is C=C(CNC1CC1)COc1ccc(C)cc1Br. The molecule has 92 valence electrons. The molecule has 0 heterocycles. The van der Waals surface area contributed by atoms with Gasteiger partial charge in [0.2, 0.25) is 0 Å². The summed E-state index contributed by atoms with van der Waals surface area (Å²) in [4.78, 5) is 0. The Morgan fingerprint density at radius 2 is 2.29 bits per heavy atom. The molecule has 17 heavy (non-hydrogen) atoms. The lowest BCUT2D eigenvalue weighted by atomic mass is 10.2. The molecule has 1 aromatic carbocycles. The van der Waals surface area contributed by atoms with Gasteiger partial charge >= 0.3 is 0 Å². The maximum absolute atomic E-state index is 5.72. The van der Waals surface area contributed by atoms with Crippen molar-refractivity contribution in [3.63, 3.8) is 0 Å². The molecule has 0 atom stereocenters. The Kier molecular flexibility index (Phi) is 4.24. The molecule has 0 amide bonds. The lowest BCUT2D eigenvalue weighted by Crippen LogP contribution is -2.21. The van der Waals surface area contributed by atoms with E-state index in [9.17, 15) is 0 Å². The van der Waals surface area contributed by atoms with Crippen LogP contribution in [-0.4, -0.2) is 19.2 Å². The van der Waals surface area contributed by atoms with Crippen molar-refractivity contribution >= 4 is 15.9 Å². The van der Waals surface area contributed by atoms with E-state index in [1.807, 2.05) is 12.1 Å². The van der Waals surface area contributed by atoms with Crippen molar-refractivity contribution in [2.75, 3.05) is 13.2 Å². The normalized spacial score (nSPS) is 14.7. The van der Waals surface area contributed by atoms with Crippen LogP contribution in [-0.2, 0) is 0 Å². The van der Waals surface area contributed by atoms with E-state index in [0.29, 0.717) is 6.61 Å². The predicted octanol–water partition coefficient (Wildman–Crippen LogP) is 3.44. The third-order valence-corrected chi connectivity index (χ3v) is 3.36. The van der Waals surface area contributed by atoms with Gasteiger partial charge in [0, 0.05) is 12.6 Å². The summed E-state index contributed by atoms with van der Waals surface area (Å²) in [5.41, 5.74) is 2.31. The van der Waals surface area contributed by atoms with Crippen molar-refractivity contribution in [3.8, 4) is 5.75 Å². The van der Waals surface area contributed by atoms with Crippen LogP contribution in [0.4, 0.5) is 0 Å². The van der Waals surface area contributed by atoms with Gasteiger partial charge in [0.1, 0.15) is 12.4 Å². The lowest BCUT2D eigenvalue weighted by Gasteiger charge is -2.11. The summed E-state index contributed by atoms with van der Waals surface area (Å²) in [6.07, 6.45) is 2.61. The molecule has 0 aromatic heterocycles. The van der Waals surface area contributed by atoms with Gasteiger partial charge in [0.25, 0.3) is 0 Å². The third kappa shape index (κ3) is 4.17. The van der Waals surface area contributed by atoms with E-state index in [4.69, 9.17) is 4.74 Å². The van der Waals surface area contributed by atoms with Gasteiger partial charge < -0.3 is 10.1 Å². The van der Waals surface area contributed by atoms with E-state index in [-0.39, 0.29) is 0 Å². The smallest absolute Gasteiger partial charge is 0.133 e. The largest absolute Gasteiger partial charge is 0.488 e. The van der Waals surface area contributed by atoms with Gasteiger partial charge in [-0.25, -0.2) is 0 Å². The molecular weight excluding hydrogens is 278 g/mol. The zero-order chi connectivity index (χ0) is 12.3. The molecule has 1 saturated carbocycles. The Labute approximate surface area is 111 Å². The fraction of sp³-hybridized carbons (Fsp3) is 0.429. The highest BCUT2D eigenvalue weighted by molar-refractivity contribution is 9.10. The van der Waals surface area contributed by atoms with Gasteiger partial charge in [-0.15, -0.1) is 0 Å². The van der Waals surface area contributed by atoms with Crippen molar-refractivity contribution < 1.29 is 4.74 Å². The fourth-order valence-electron chi connectivity index (χ4n) is 1.53. The molecular formula is C14H18BrNO. The highest BCUT2D eigenvalue weighted by atomic mass is 79.9. The average Bonchev–Trinajstić information content (AvgIpc) is 3.09. The summed E-state index contributed by atoms with van der Waals surface area (Å²) in [6, 6.07) is 6.81. The summed E-state index contributed by atoms with van der Waals surface area (Å²) in [6.45, 7) is 7.50. The number of benzene rings is 1. The minimum atomic E-state index is 0.571. The summed E-state index contributed by atoms with van der Waals surface area (Å²) in [7, 11) is 0. The molecule has 1 aliphatic rings. The number of halogens is 1. The first-order chi connectivity index (χ1) is 8.15. The van der Waals surface area contributed by atoms with Crippen LogP contribution < -0.4 is 10.1 Å². The van der Waals surface area contributed by atoms with Gasteiger partial charge in [-0.05, 0) is 59.0 Å². The maximum Gasteiger partial charge on any atom is 0.133 e. The molecule has 0 saturated heterocycles. The van der Waals surface area contributed by atoms with E-state index in [0.717, 1.165) is 28.4 Å². The van der Waals surface area contributed by atoms with Crippen LogP contribution in [0.1, 0.15) is 18.4 Å². The maximum atomic E-state index is 5.72. The Morgan fingerprint density at radius 3 is 2.94 bits per heavy atom. The summed E-state index contributed by atoms with van der Waals surface area (Å²) in [5, 5.41) is 3.43. The Bertz CT molecular complexity index is 413. The van der Waals surface area contributed by atoms with Crippen LogP contribution in [0.5, 0.6) is 5.75 Å². The number of ether oxygens (including phenoxy) is 1. The number of rotatable bonds is 6. The number of aryl methyl sites for hydroxylation is 1. The first-order valence-corrected chi connectivity index (χ1v) is 6.73. The monoisotopic (exact) mass is 295 g/mol. The van der Waals surface area contributed by atoms with Crippen LogP contribution >= 0.6 is 15.9 Å². The molecule has 0 spiro atoms. The highest BCUT2D eigenvalue weighted by Gasteiger charge is 2.20. The second kappa shape index (κ2) is 5.69. The quantitative estimate of drug-likeness (QED) is 0.812. The van der Waals surface area contributed by atoms with Crippen LogP contribution in [0.3, 0.4) is 0 Å². The van der Waals surface area contributed by atoms with E-state index in [1.54, 1.807) is 0 Å². The van der Waals surface area contributed by atoms with Crippen LogP contribution in [0.15, 0.2) is 34.8 Å². The molecule has 0 radical (unpaired) electrons. The second-order valence-corrected chi connectivity index (χ2v) is 5.48. The number of hydrogen-bond donors (Lipinski definition) is 1. The Balaban J connectivity index is 1.77. The molecule has 3 heteroatoms. The average molecular weight is 296 g/mol. The van der Waals surface area contributed by atoms with E-state index >= 15 is 0 Å². The highest BCUT2D eigenvalue weighted by Crippen LogP contribution is 2.26. The molecule has 2 rings (SSSR count). The van der Waals surface area contributed by atoms with Crippen LogP contribution in [0, 0.1) is 6.92 Å². The third-order valence-electron chi connectivity index (χ3n) is 2.74. The van der Waals surface area contributed by atoms with Crippen molar-refractivity contribution in [2.45, 2.75) is 25.8 Å². The van der Waals surface area contributed by atoms with Crippen LogP contribution in [0.25, 0.3) is 0 Å². The van der Waals surface area contributed by atoms with E-state index in [1.165, 1.54) is 18.4 Å². The van der Waals surface area contributed by atoms with Crippen LogP contribution in [0.2, 0.25) is 0 Å². The Hall–Kier alpha value is -0.800. The molecule has 1 N–H and O–H groups in total. The second-order valence-electron chi connectivity index (χ2n) is 4.63. The van der Waals surface area contributed by atoms with Gasteiger partial charge in [0.15, 0.2) is 0 Å². The Morgan fingerprint density at radius 1 is 1.53 bits per heavy atom. The molecule has 1 aromatic rings. The van der Waals surface area contributed by atoms with Crippen molar-refractivity contribution in [1.82, 2.24) is 5.32 Å². The number of nitrogens with one attached hydrogen (secondary N) is 1. The molecule has 0 aliphatic heterocycles. The van der Waals surface area contributed by atoms with Gasteiger partial charge in [-0.1, -0.05) is 12.6 Å². The standard InChI is InChI=1S/C14H18BrNO/c1-10-3-6-14(13(15)7-10)17-9-11(2)8-16-12-4-5-12/h3,6-7,12,16H,2,4-5,8-9H2,1H3. The molecule has 0 unspecified atom stereocenters. The lowest BCUT2D eigenvalue weighted by molar-refractivity contribution is 0.346. The minimum absolute atomic E-state index is 0.571. The molecule has 1 aliphatic carbocycles. The minimum Gasteiger partial charge on any atom is -0.488 e. The van der Waals surface area contributed by atoms with Gasteiger partial charge in [-0.2, -0.15) is 0 Å².